The normalized spacial score (nSPS) is 12.8. The second-order valence-electron chi connectivity index (χ2n) is 7.16. The van der Waals surface area contributed by atoms with Crippen molar-refractivity contribution in [2.75, 3.05) is 10.6 Å². The second kappa shape index (κ2) is 8.65. The first kappa shape index (κ1) is 19.4. The summed E-state index contributed by atoms with van der Waals surface area (Å²) >= 11 is 0. The number of rotatable bonds is 8. The van der Waals surface area contributed by atoms with Crippen molar-refractivity contribution >= 4 is 23.0 Å². The molecular weight excluding hydrogens is 382 g/mol. The molecule has 0 spiro atoms. The fourth-order valence-corrected chi connectivity index (χ4v) is 2.97. The van der Waals surface area contributed by atoms with E-state index in [2.05, 4.69) is 10.6 Å². The summed E-state index contributed by atoms with van der Waals surface area (Å²) in [6.07, 6.45) is 2.01. The van der Waals surface area contributed by atoms with Crippen LogP contribution in [0.25, 0.3) is 0 Å². The minimum absolute atomic E-state index is 0.0980. The van der Waals surface area contributed by atoms with E-state index in [9.17, 15) is 14.9 Å². The van der Waals surface area contributed by atoms with Crippen LogP contribution in [0.15, 0.2) is 72.8 Å². The van der Waals surface area contributed by atoms with Crippen LogP contribution in [-0.2, 0) is 6.61 Å². The zero-order valence-corrected chi connectivity index (χ0v) is 16.2. The molecule has 1 saturated carbocycles. The predicted molar refractivity (Wildman–Crippen MR) is 115 cm³/mol. The number of nitrogens with zero attached hydrogens (tertiary/aromatic N) is 1. The lowest BCUT2D eigenvalue weighted by atomic mass is 10.1. The van der Waals surface area contributed by atoms with Gasteiger partial charge in [-0.1, -0.05) is 30.3 Å². The topological polar surface area (TPSA) is 93.5 Å². The van der Waals surface area contributed by atoms with Gasteiger partial charge in [0.25, 0.3) is 11.6 Å². The molecule has 0 heterocycles. The largest absolute Gasteiger partial charge is 0.489 e. The maximum Gasteiger partial charge on any atom is 0.293 e. The van der Waals surface area contributed by atoms with Crippen LogP contribution in [0.5, 0.6) is 5.75 Å². The maximum atomic E-state index is 12.5. The molecule has 7 heteroatoms. The van der Waals surface area contributed by atoms with E-state index in [-0.39, 0.29) is 17.3 Å². The van der Waals surface area contributed by atoms with E-state index >= 15 is 0 Å². The number of carbonyl (C=O) groups is 1. The molecule has 3 aromatic carbocycles. The molecule has 152 valence electrons. The summed E-state index contributed by atoms with van der Waals surface area (Å²) in [6, 6.07) is 21.6. The van der Waals surface area contributed by atoms with Crippen molar-refractivity contribution in [1.82, 2.24) is 0 Å². The number of amides is 1. The Morgan fingerprint density at radius 1 is 1.03 bits per heavy atom. The molecule has 1 aliphatic rings. The van der Waals surface area contributed by atoms with E-state index in [0.29, 0.717) is 23.7 Å². The van der Waals surface area contributed by atoms with Gasteiger partial charge in [0.2, 0.25) is 0 Å². The summed E-state index contributed by atoms with van der Waals surface area (Å²) in [6.45, 7) is 0.456. The number of nitrogens with one attached hydrogen (secondary N) is 2. The maximum absolute atomic E-state index is 12.5. The molecule has 30 heavy (non-hydrogen) atoms. The van der Waals surface area contributed by atoms with Crippen molar-refractivity contribution in [2.45, 2.75) is 25.5 Å². The molecule has 7 nitrogen and oxygen atoms in total. The number of anilines is 2. The Morgan fingerprint density at radius 2 is 1.77 bits per heavy atom. The van der Waals surface area contributed by atoms with Gasteiger partial charge in [-0.25, -0.2) is 0 Å². The van der Waals surface area contributed by atoms with Gasteiger partial charge in [-0.2, -0.15) is 0 Å². The molecule has 0 aromatic heterocycles. The highest BCUT2D eigenvalue weighted by atomic mass is 16.6. The van der Waals surface area contributed by atoms with Gasteiger partial charge in [-0.3, -0.25) is 14.9 Å². The fourth-order valence-electron chi connectivity index (χ4n) is 2.97. The first-order valence-corrected chi connectivity index (χ1v) is 9.71. The zero-order chi connectivity index (χ0) is 20.9. The molecule has 0 atom stereocenters. The van der Waals surface area contributed by atoms with Crippen LogP contribution in [0.3, 0.4) is 0 Å². The van der Waals surface area contributed by atoms with Crippen molar-refractivity contribution < 1.29 is 14.5 Å². The van der Waals surface area contributed by atoms with E-state index in [1.807, 2.05) is 30.3 Å². The Morgan fingerprint density at radius 3 is 2.43 bits per heavy atom. The number of ether oxygens (including phenoxy) is 1. The van der Waals surface area contributed by atoms with Gasteiger partial charge in [0.1, 0.15) is 18.0 Å². The van der Waals surface area contributed by atoms with Crippen molar-refractivity contribution in [3.8, 4) is 5.75 Å². The smallest absolute Gasteiger partial charge is 0.293 e. The first-order chi connectivity index (χ1) is 14.6. The Kier molecular flexibility index (Phi) is 5.61. The summed E-state index contributed by atoms with van der Waals surface area (Å²) in [5.41, 5.74) is 2.22. The molecule has 0 unspecified atom stereocenters. The Hall–Kier alpha value is -3.87. The number of nitro benzene ring substituents is 1. The third-order valence-electron chi connectivity index (χ3n) is 4.75. The number of carbonyl (C=O) groups excluding carboxylic acids is 1. The van der Waals surface area contributed by atoms with Crippen LogP contribution in [0.4, 0.5) is 17.1 Å². The van der Waals surface area contributed by atoms with E-state index in [1.54, 1.807) is 36.4 Å². The lowest BCUT2D eigenvalue weighted by Crippen LogP contribution is -2.13. The third kappa shape index (κ3) is 4.94. The van der Waals surface area contributed by atoms with Crippen molar-refractivity contribution in [1.29, 1.82) is 0 Å². The SMILES string of the molecule is O=C(Nc1ccc(OCc2ccccc2)cc1)c1ccc(NC2CC2)c([N+](=O)[O-])c1. The van der Waals surface area contributed by atoms with E-state index in [4.69, 9.17) is 4.74 Å². The van der Waals surface area contributed by atoms with Crippen LogP contribution in [0.2, 0.25) is 0 Å². The molecule has 4 rings (SSSR count). The zero-order valence-electron chi connectivity index (χ0n) is 16.2. The summed E-state index contributed by atoms with van der Waals surface area (Å²) in [5.74, 6) is 0.275. The third-order valence-corrected chi connectivity index (χ3v) is 4.75. The standard InChI is InChI=1S/C23H21N3O4/c27-23(17-6-13-21(24-18-7-8-18)22(14-17)26(28)29)25-19-9-11-20(12-10-19)30-15-16-4-2-1-3-5-16/h1-6,9-14,18,24H,7-8,15H2,(H,25,27). The van der Waals surface area contributed by atoms with Crippen LogP contribution in [-0.4, -0.2) is 16.9 Å². The Balaban J connectivity index is 1.39. The van der Waals surface area contributed by atoms with Gasteiger partial charge >= 0.3 is 0 Å². The van der Waals surface area contributed by atoms with Gasteiger partial charge in [-0.05, 0) is 54.8 Å². The molecular formula is C23H21N3O4. The van der Waals surface area contributed by atoms with Crippen molar-refractivity contribution in [3.63, 3.8) is 0 Å². The van der Waals surface area contributed by atoms with E-state index in [1.165, 1.54) is 6.07 Å². The average Bonchev–Trinajstić information content (AvgIpc) is 3.58. The molecule has 1 fully saturated rings. The highest BCUT2D eigenvalue weighted by molar-refractivity contribution is 6.05. The van der Waals surface area contributed by atoms with Gasteiger partial charge in [0.05, 0.1) is 4.92 Å². The van der Waals surface area contributed by atoms with Crippen LogP contribution >= 0.6 is 0 Å². The predicted octanol–water partition coefficient (Wildman–Crippen LogP) is 5.00. The molecule has 0 bridgehead atoms. The van der Waals surface area contributed by atoms with Gasteiger partial charge in [0, 0.05) is 23.4 Å². The molecule has 1 aliphatic carbocycles. The molecule has 1 amide bonds. The lowest BCUT2D eigenvalue weighted by Gasteiger charge is -2.10. The average molecular weight is 403 g/mol. The monoisotopic (exact) mass is 403 g/mol. The number of nitro groups is 1. The molecule has 2 N–H and O–H groups in total. The van der Waals surface area contributed by atoms with Gasteiger partial charge < -0.3 is 15.4 Å². The second-order valence-corrected chi connectivity index (χ2v) is 7.16. The minimum atomic E-state index is -0.472. The van der Waals surface area contributed by atoms with E-state index in [0.717, 1.165) is 18.4 Å². The minimum Gasteiger partial charge on any atom is -0.489 e. The first-order valence-electron chi connectivity index (χ1n) is 9.71. The van der Waals surface area contributed by atoms with E-state index < -0.39 is 10.8 Å². The highest BCUT2D eigenvalue weighted by Gasteiger charge is 2.25. The van der Waals surface area contributed by atoms with Crippen LogP contribution in [0.1, 0.15) is 28.8 Å². The number of hydrogen-bond donors (Lipinski definition) is 2. The lowest BCUT2D eigenvalue weighted by molar-refractivity contribution is -0.384. The van der Waals surface area contributed by atoms with Crippen molar-refractivity contribution in [3.05, 3.63) is 94.0 Å². The molecule has 3 aromatic rings. The summed E-state index contributed by atoms with van der Waals surface area (Å²) in [4.78, 5) is 23.5. The summed E-state index contributed by atoms with van der Waals surface area (Å²) in [7, 11) is 0. The van der Waals surface area contributed by atoms with Crippen molar-refractivity contribution in [2.24, 2.45) is 0 Å². The molecule has 0 saturated heterocycles. The highest BCUT2D eigenvalue weighted by Crippen LogP contribution is 2.31. The Labute approximate surface area is 173 Å². The molecule has 0 radical (unpaired) electrons. The van der Waals surface area contributed by atoms with Gasteiger partial charge in [-0.15, -0.1) is 0 Å². The summed E-state index contributed by atoms with van der Waals surface area (Å²) < 4.78 is 5.73. The van der Waals surface area contributed by atoms with Crippen LogP contribution < -0.4 is 15.4 Å². The number of hydrogen-bond acceptors (Lipinski definition) is 5. The summed E-state index contributed by atoms with van der Waals surface area (Å²) in [5, 5.41) is 17.3. The van der Waals surface area contributed by atoms with Gasteiger partial charge in [0.15, 0.2) is 0 Å². The Bertz CT molecular complexity index is 1050. The quantitative estimate of drug-likeness (QED) is 0.408. The fraction of sp³-hybridized carbons (Fsp3) is 0.174. The van der Waals surface area contributed by atoms with Crippen LogP contribution in [0, 0.1) is 10.1 Å². The number of benzene rings is 3. The molecule has 0 aliphatic heterocycles.